The van der Waals surface area contributed by atoms with Crippen LogP contribution in [-0.4, -0.2) is 33.8 Å². The molecule has 2 heterocycles. The van der Waals surface area contributed by atoms with Crippen LogP contribution in [0.3, 0.4) is 0 Å². The first-order valence-corrected chi connectivity index (χ1v) is 9.17. The number of aromatic nitrogens is 2. The average Bonchev–Trinajstić information content (AvgIpc) is 3.15. The Kier molecular flexibility index (Phi) is 3.97. The zero-order chi connectivity index (χ0) is 16.7. The SMILES string of the molecule is CC1(C)CN(Cc2nn(-c3ccccc3)c3c2CCC3)CCC1N. The summed E-state index contributed by atoms with van der Waals surface area (Å²) >= 11 is 0. The van der Waals surface area contributed by atoms with Crippen molar-refractivity contribution in [3.05, 3.63) is 47.3 Å². The van der Waals surface area contributed by atoms with Crippen molar-refractivity contribution in [3.8, 4) is 5.69 Å². The van der Waals surface area contributed by atoms with Crippen molar-refractivity contribution in [1.29, 1.82) is 0 Å². The third-order valence-electron chi connectivity index (χ3n) is 5.78. The normalized spacial score (nSPS) is 23.4. The van der Waals surface area contributed by atoms with Crippen LogP contribution in [0.4, 0.5) is 0 Å². The van der Waals surface area contributed by atoms with E-state index in [2.05, 4.69) is 53.8 Å². The molecule has 1 atom stereocenters. The number of nitrogens with zero attached hydrogens (tertiary/aromatic N) is 3. The second-order valence-electron chi connectivity index (χ2n) is 8.07. The molecular formula is C20H28N4. The highest BCUT2D eigenvalue weighted by Gasteiger charge is 2.34. The molecule has 0 spiro atoms. The van der Waals surface area contributed by atoms with E-state index in [0.29, 0.717) is 6.04 Å². The maximum Gasteiger partial charge on any atom is 0.0804 e. The lowest BCUT2D eigenvalue weighted by atomic mass is 9.79. The van der Waals surface area contributed by atoms with Gasteiger partial charge in [0.25, 0.3) is 0 Å². The van der Waals surface area contributed by atoms with Crippen LogP contribution in [0.1, 0.15) is 43.6 Å². The number of para-hydroxylation sites is 1. The summed E-state index contributed by atoms with van der Waals surface area (Å²) in [6.45, 7) is 7.67. The van der Waals surface area contributed by atoms with Gasteiger partial charge in [0, 0.05) is 31.4 Å². The van der Waals surface area contributed by atoms with Crippen LogP contribution in [0.5, 0.6) is 0 Å². The van der Waals surface area contributed by atoms with E-state index < -0.39 is 0 Å². The molecule has 2 aliphatic rings. The number of piperidine rings is 1. The number of likely N-dealkylation sites (tertiary alicyclic amines) is 1. The first-order chi connectivity index (χ1) is 11.5. The van der Waals surface area contributed by atoms with Gasteiger partial charge < -0.3 is 5.73 Å². The van der Waals surface area contributed by atoms with Crippen molar-refractivity contribution >= 4 is 0 Å². The van der Waals surface area contributed by atoms with Crippen molar-refractivity contribution in [2.75, 3.05) is 13.1 Å². The Morgan fingerprint density at radius 3 is 2.75 bits per heavy atom. The highest BCUT2D eigenvalue weighted by atomic mass is 15.3. The van der Waals surface area contributed by atoms with E-state index in [1.807, 2.05) is 0 Å². The van der Waals surface area contributed by atoms with Crippen molar-refractivity contribution in [2.45, 2.75) is 52.1 Å². The smallest absolute Gasteiger partial charge is 0.0804 e. The molecule has 0 radical (unpaired) electrons. The molecule has 0 saturated carbocycles. The Morgan fingerprint density at radius 1 is 1.21 bits per heavy atom. The monoisotopic (exact) mass is 324 g/mol. The number of rotatable bonds is 3. The predicted octanol–water partition coefficient (Wildman–Crippen LogP) is 2.92. The number of fused-ring (bicyclic) bond motifs is 1. The van der Waals surface area contributed by atoms with Crippen LogP contribution < -0.4 is 5.73 Å². The minimum atomic E-state index is 0.184. The van der Waals surface area contributed by atoms with E-state index in [1.165, 1.54) is 35.5 Å². The average molecular weight is 324 g/mol. The molecule has 1 aliphatic heterocycles. The summed E-state index contributed by atoms with van der Waals surface area (Å²) in [5.41, 5.74) is 11.8. The second kappa shape index (κ2) is 6.01. The van der Waals surface area contributed by atoms with Gasteiger partial charge in [0.2, 0.25) is 0 Å². The molecule has 2 N–H and O–H groups in total. The van der Waals surface area contributed by atoms with Crippen molar-refractivity contribution in [3.63, 3.8) is 0 Å². The van der Waals surface area contributed by atoms with E-state index in [4.69, 9.17) is 10.8 Å². The molecule has 0 amide bonds. The molecule has 24 heavy (non-hydrogen) atoms. The van der Waals surface area contributed by atoms with E-state index in [-0.39, 0.29) is 5.41 Å². The Hall–Kier alpha value is -1.65. The zero-order valence-electron chi connectivity index (χ0n) is 14.8. The lowest BCUT2D eigenvalue weighted by molar-refractivity contribution is 0.0886. The van der Waals surface area contributed by atoms with Crippen LogP contribution in [0.15, 0.2) is 30.3 Å². The number of hydrogen-bond donors (Lipinski definition) is 1. The molecule has 1 saturated heterocycles. The lowest BCUT2D eigenvalue weighted by Crippen LogP contribution is -2.52. The highest BCUT2D eigenvalue weighted by Crippen LogP contribution is 2.32. The van der Waals surface area contributed by atoms with Gasteiger partial charge >= 0.3 is 0 Å². The van der Waals surface area contributed by atoms with Crippen LogP contribution in [0, 0.1) is 5.41 Å². The maximum absolute atomic E-state index is 6.29. The lowest BCUT2D eigenvalue weighted by Gasteiger charge is -2.42. The van der Waals surface area contributed by atoms with Gasteiger partial charge in [-0.2, -0.15) is 5.10 Å². The first-order valence-electron chi connectivity index (χ1n) is 9.17. The molecule has 1 aromatic heterocycles. The van der Waals surface area contributed by atoms with Gasteiger partial charge in [0.15, 0.2) is 0 Å². The molecule has 2 aromatic rings. The second-order valence-corrected chi connectivity index (χ2v) is 8.07. The maximum atomic E-state index is 6.29. The first kappa shape index (κ1) is 15.9. The molecule has 1 fully saturated rings. The molecule has 4 nitrogen and oxygen atoms in total. The summed E-state index contributed by atoms with van der Waals surface area (Å²) in [5, 5.41) is 5.01. The van der Waals surface area contributed by atoms with Gasteiger partial charge in [-0.1, -0.05) is 32.0 Å². The van der Waals surface area contributed by atoms with Crippen LogP contribution in [0.25, 0.3) is 5.69 Å². The minimum absolute atomic E-state index is 0.184. The Balaban J connectivity index is 1.61. The van der Waals surface area contributed by atoms with Crippen molar-refractivity contribution < 1.29 is 0 Å². The molecule has 1 unspecified atom stereocenters. The number of hydrogen-bond acceptors (Lipinski definition) is 3. The van der Waals surface area contributed by atoms with Crippen LogP contribution >= 0.6 is 0 Å². The molecular weight excluding hydrogens is 296 g/mol. The Morgan fingerprint density at radius 2 is 2.00 bits per heavy atom. The topological polar surface area (TPSA) is 47.1 Å². The van der Waals surface area contributed by atoms with E-state index in [0.717, 1.165) is 32.5 Å². The van der Waals surface area contributed by atoms with Crippen LogP contribution in [-0.2, 0) is 19.4 Å². The molecule has 1 aromatic carbocycles. The quantitative estimate of drug-likeness (QED) is 0.944. The third-order valence-corrected chi connectivity index (χ3v) is 5.78. The molecule has 1 aliphatic carbocycles. The molecule has 4 rings (SSSR count). The Bertz CT molecular complexity index is 717. The van der Waals surface area contributed by atoms with Gasteiger partial charge in [0.1, 0.15) is 0 Å². The number of nitrogens with two attached hydrogens (primary N) is 1. The minimum Gasteiger partial charge on any atom is -0.327 e. The fraction of sp³-hybridized carbons (Fsp3) is 0.550. The van der Waals surface area contributed by atoms with Gasteiger partial charge in [-0.25, -0.2) is 4.68 Å². The molecule has 128 valence electrons. The summed E-state index contributed by atoms with van der Waals surface area (Å²) in [6, 6.07) is 10.9. The number of benzene rings is 1. The molecule has 4 heteroatoms. The van der Waals surface area contributed by atoms with Crippen LogP contribution in [0.2, 0.25) is 0 Å². The van der Waals surface area contributed by atoms with Crippen molar-refractivity contribution in [1.82, 2.24) is 14.7 Å². The fourth-order valence-corrected chi connectivity index (χ4v) is 4.26. The predicted molar refractivity (Wildman–Crippen MR) is 97.2 cm³/mol. The summed E-state index contributed by atoms with van der Waals surface area (Å²) in [4.78, 5) is 2.54. The van der Waals surface area contributed by atoms with Gasteiger partial charge in [-0.15, -0.1) is 0 Å². The van der Waals surface area contributed by atoms with Gasteiger partial charge in [-0.3, -0.25) is 4.90 Å². The highest BCUT2D eigenvalue weighted by molar-refractivity contribution is 5.39. The largest absolute Gasteiger partial charge is 0.327 e. The summed E-state index contributed by atoms with van der Waals surface area (Å²) < 4.78 is 2.18. The fourth-order valence-electron chi connectivity index (χ4n) is 4.26. The van der Waals surface area contributed by atoms with E-state index >= 15 is 0 Å². The summed E-state index contributed by atoms with van der Waals surface area (Å²) in [6.07, 6.45) is 4.65. The summed E-state index contributed by atoms with van der Waals surface area (Å²) in [7, 11) is 0. The van der Waals surface area contributed by atoms with E-state index in [1.54, 1.807) is 0 Å². The van der Waals surface area contributed by atoms with Gasteiger partial charge in [-0.05, 0) is 48.8 Å². The van der Waals surface area contributed by atoms with Gasteiger partial charge in [0.05, 0.1) is 11.4 Å². The summed E-state index contributed by atoms with van der Waals surface area (Å²) in [5.74, 6) is 0. The zero-order valence-corrected chi connectivity index (χ0v) is 14.8. The third kappa shape index (κ3) is 2.78. The van der Waals surface area contributed by atoms with E-state index in [9.17, 15) is 0 Å². The molecule has 0 bridgehead atoms. The Labute approximate surface area is 144 Å². The van der Waals surface area contributed by atoms with Crippen molar-refractivity contribution in [2.24, 2.45) is 11.1 Å². The standard InChI is InChI=1S/C20H28N4/c1-20(2)14-23(12-11-19(20)21)13-17-16-9-6-10-18(16)24(22-17)15-7-4-3-5-8-15/h3-5,7-8,19H,6,9-14,21H2,1-2H3.